The molecule has 1 atom stereocenters. The molecule has 1 N–H and O–H groups in total. The van der Waals surface area contributed by atoms with Crippen LogP contribution in [0.5, 0.6) is 0 Å². The van der Waals surface area contributed by atoms with E-state index in [0.29, 0.717) is 6.54 Å². The molecule has 130 valence electrons. The predicted molar refractivity (Wildman–Crippen MR) is 101 cm³/mol. The van der Waals surface area contributed by atoms with Crippen molar-refractivity contribution in [2.75, 3.05) is 16.8 Å². The van der Waals surface area contributed by atoms with E-state index in [2.05, 4.69) is 11.4 Å². The van der Waals surface area contributed by atoms with Crippen LogP contribution in [0, 0.1) is 33.6 Å². The van der Waals surface area contributed by atoms with Crippen LogP contribution >= 0.6 is 0 Å². The predicted octanol–water partition coefficient (Wildman–Crippen LogP) is 3.91. The van der Waals surface area contributed by atoms with Crippen molar-refractivity contribution in [2.24, 2.45) is 5.92 Å². The monoisotopic (exact) mass is 336 g/mol. The van der Waals surface area contributed by atoms with Gasteiger partial charge < -0.3 is 10.2 Å². The molecule has 1 fully saturated rings. The lowest BCUT2D eigenvalue weighted by Crippen LogP contribution is -2.28. The molecule has 1 aliphatic rings. The third-order valence-electron chi connectivity index (χ3n) is 4.79. The summed E-state index contributed by atoms with van der Waals surface area (Å²) in [5, 5.41) is 2.96. The average molecular weight is 336 g/mol. The van der Waals surface area contributed by atoms with Crippen molar-refractivity contribution in [3.8, 4) is 0 Å². The standard InChI is InChI=1S/C21H24N2O2/c1-13-7-14(2)9-18(8-13)22-21(25)17-11-20(24)23(12-17)19-6-5-15(3)16(4)10-19/h5-10,17H,11-12H2,1-4H3,(H,22,25)/t17-/m1/s1. The summed E-state index contributed by atoms with van der Waals surface area (Å²) in [7, 11) is 0. The summed E-state index contributed by atoms with van der Waals surface area (Å²) in [4.78, 5) is 26.7. The van der Waals surface area contributed by atoms with Crippen molar-refractivity contribution in [3.05, 3.63) is 58.7 Å². The topological polar surface area (TPSA) is 49.4 Å². The Bertz CT molecular complexity index is 822. The fourth-order valence-electron chi connectivity index (χ4n) is 3.32. The zero-order valence-electron chi connectivity index (χ0n) is 15.2. The molecule has 2 aromatic carbocycles. The van der Waals surface area contributed by atoms with Crippen molar-refractivity contribution >= 4 is 23.2 Å². The molecular weight excluding hydrogens is 312 g/mol. The van der Waals surface area contributed by atoms with Gasteiger partial charge in [-0.25, -0.2) is 0 Å². The van der Waals surface area contributed by atoms with E-state index in [1.165, 1.54) is 5.56 Å². The molecular formula is C21H24N2O2. The fraction of sp³-hybridized carbons (Fsp3) is 0.333. The van der Waals surface area contributed by atoms with Crippen molar-refractivity contribution in [1.82, 2.24) is 0 Å². The zero-order chi connectivity index (χ0) is 18.1. The normalized spacial score (nSPS) is 17.0. The molecule has 4 heteroatoms. The molecule has 0 bridgehead atoms. The molecule has 0 aromatic heterocycles. The number of nitrogens with zero attached hydrogens (tertiary/aromatic N) is 1. The summed E-state index contributed by atoms with van der Waals surface area (Å²) in [6.45, 7) is 8.51. The maximum Gasteiger partial charge on any atom is 0.229 e. The number of benzene rings is 2. The first-order valence-corrected chi connectivity index (χ1v) is 8.60. The second-order valence-electron chi connectivity index (χ2n) is 7.04. The highest BCUT2D eigenvalue weighted by Gasteiger charge is 2.35. The van der Waals surface area contributed by atoms with Crippen LogP contribution in [0.1, 0.15) is 28.7 Å². The molecule has 1 saturated heterocycles. The maximum absolute atomic E-state index is 12.6. The number of rotatable bonds is 3. The minimum Gasteiger partial charge on any atom is -0.326 e. The lowest BCUT2D eigenvalue weighted by molar-refractivity contribution is -0.122. The number of aryl methyl sites for hydroxylation is 4. The maximum atomic E-state index is 12.6. The molecule has 4 nitrogen and oxygen atoms in total. The van der Waals surface area contributed by atoms with Gasteiger partial charge in [0.2, 0.25) is 11.8 Å². The molecule has 0 saturated carbocycles. The quantitative estimate of drug-likeness (QED) is 0.924. The van der Waals surface area contributed by atoms with Crippen molar-refractivity contribution in [2.45, 2.75) is 34.1 Å². The van der Waals surface area contributed by atoms with Gasteiger partial charge in [-0.1, -0.05) is 12.1 Å². The summed E-state index contributed by atoms with van der Waals surface area (Å²) in [6.07, 6.45) is 0.254. The van der Waals surface area contributed by atoms with E-state index in [9.17, 15) is 9.59 Å². The summed E-state index contributed by atoms with van der Waals surface area (Å²) < 4.78 is 0. The molecule has 2 amide bonds. The van der Waals surface area contributed by atoms with E-state index >= 15 is 0 Å². The summed E-state index contributed by atoms with van der Waals surface area (Å²) >= 11 is 0. The van der Waals surface area contributed by atoms with Crippen molar-refractivity contribution in [1.29, 1.82) is 0 Å². The van der Waals surface area contributed by atoms with Gasteiger partial charge in [-0.05, 0) is 74.2 Å². The molecule has 0 aliphatic carbocycles. The molecule has 0 spiro atoms. The van der Waals surface area contributed by atoms with Crippen molar-refractivity contribution < 1.29 is 9.59 Å². The minimum absolute atomic E-state index is 0.00354. The summed E-state index contributed by atoms with van der Waals surface area (Å²) in [6, 6.07) is 11.9. The minimum atomic E-state index is -0.324. The van der Waals surface area contributed by atoms with Crippen LogP contribution < -0.4 is 10.2 Å². The Kier molecular flexibility index (Phi) is 4.62. The lowest BCUT2D eigenvalue weighted by atomic mass is 10.1. The Morgan fingerprint density at radius 2 is 1.68 bits per heavy atom. The molecule has 3 rings (SSSR count). The van der Waals surface area contributed by atoms with Gasteiger partial charge in [0, 0.05) is 24.3 Å². The van der Waals surface area contributed by atoms with E-state index < -0.39 is 0 Å². The van der Waals surface area contributed by atoms with Gasteiger partial charge in [0.15, 0.2) is 0 Å². The molecule has 2 aromatic rings. The SMILES string of the molecule is Cc1cc(C)cc(NC(=O)[C@@H]2CC(=O)N(c3ccc(C)c(C)c3)C2)c1. The molecule has 0 unspecified atom stereocenters. The van der Waals surface area contributed by atoms with Gasteiger partial charge in [0.05, 0.1) is 5.92 Å². The van der Waals surface area contributed by atoms with E-state index in [4.69, 9.17) is 0 Å². The smallest absolute Gasteiger partial charge is 0.229 e. The highest BCUT2D eigenvalue weighted by atomic mass is 16.2. The Morgan fingerprint density at radius 1 is 1.00 bits per heavy atom. The van der Waals surface area contributed by atoms with E-state index in [1.54, 1.807) is 4.90 Å². The van der Waals surface area contributed by atoms with Crippen molar-refractivity contribution in [3.63, 3.8) is 0 Å². The van der Waals surface area contributed by atoms with Crippen LogP contribution in [-0.2, 0) is 9.59 Å². The number of nitrogens with one attached hydrogen (secondary N) is 1. The molecule has 1 heterocycles. The van der Waals surface area contributed by atoms with E-state index in [1.807, 2.05) is 58.0 Å². The number of carbonyl (C=O) groups excluding carboxylic acids is 2. The highest BCUT2D eigenvalue weighted by molar-refractivity contribution is 6.03. The molecule has 25 heavy (non-hydrogen) atoms. The van der Waals surface area contributed by atoms with Crippen LogP contribution in [0.15, 0.2) is 36.4 Å². The largest absolute Gasteiger partial charge is 0.326 e. The van der Waals surface area contributed by atoms with Gasteiger partial charge in [-0.2, -0.15) is 0 Å². The van der Waals surface area contributed by atoms with Gasteiger partial charge in [0.25, 0.3) is 0 Å². The van der Waals surface area contributed by atoms with Crippen LogP contribution in [0.25, 0.3) is 0 Å². The van der Waals surface area contributed by atoms with Crippen LogP contribution in [0.3, 0.4) is 0 Å². The molecule has 1 aliphatic heterocycles. The number of carbonyl (C=O) groups is 2. The Morgan fingerprint density at radius 3 is 2.32 bits per heavy atom. The van der Waals surface area contributed by atoms with Gasteiger partial charge in [0.1, 0.15) is 0 Å². The van der Waals surface area contributed by atoms with Gasteiger partial charge >= 0.3 is 0 Å². The van der Waals surface area contributed by atoms with Gasteiger partial charge in [-0.3, -0.25) is 9.59 Å². The third-order valence-corrected chi connectivity index (χ3v) is 4.79. The first-order chi connectivity index (χ1) is 11.8. The zero-order valence-corrected chi connectivity index (χ0v) is 15.2. The van der Waals surface area contributed by atoms with Crippen LogP contribution in [-0.4, -0.2) is 18.4 Å². The first-order valence-electron chi connectivity index (χ1n) is 8.60. The average Bonchev–Trinajstić information content (AvgIpc) is 2.91. The third kappa shape index (κ3) is 3.73. The van der Waals surface area contributed by atoms with E-state index in [-0.39, 0.29) is 24.2 Å². The summed E-state index contributed by atoms with van der Waals surface area (Å²) in [5.41, 5.74) is 6.21. The van der Waals surface area contributed by atoms with E-state index in [0.717, 1.165) is 28.1 Å². The second-order valence-corrected chi connectivity index (χ2v) is 7.04. The first kappa shape index (κ1) is 17.2. The second kappa shape index (κ2) is 6.71. The highest BCUT2D eigenvalue weighted by Crippen LogP contribution is 2.27. The number of hydrogen-bond donors (Lipinski definition) is 1. The Balaban J connectivity index is 1.73. The fourth-order valence-corrected chi connectivity index (χ4v) is 3.32. The number of anilines is 2. The Labute approximate surface area is 148 Å². The Hall–Kier alpha value is -2.62. The molecule has 0 radical (unpaired) electrons. The summed E-state index contributed by atoms with van der Waals surface area (Å²) in [5.74, 6) is -0.413. The lowest BCUT2D eigenvalue weighted by Gasteiger charge is -2.18. The van der Waals surface area contributed by atoms with Crippen LogP contribution in [0.4, 0.5) is 11.4 Å². The van der Waals surface area contributed by atoms with Gasteiger partial charge in [-0.15, -0.1) is 0 Å². The number of hydrogen-bond acceptors (Lipinski definition) is 2. The number of amides is 2. The van der Waals surface area contributed by atoms with Crippen LogP contribution in [0.2, 0.25) is 0 Å².